The highest BCUT2D eigenvalue weighted by molar-refractivity contribution is 7.92. The molecule has 3 rings (SSSR count). The van der Waals surface area contributed by atoms with Gasteiger partial charge in [0.25, 0.3) is 10.0 Å². The monoisotopic (exact) mass is 411 g/mol. The topological polar surface area (TPSA) is 76.4 Å². The summed E-state index contributed by atoms with van der Waals surface area (Å²) in [6.45, 7) is 8.19. The van der Waals surface area contributed by atoms with Crippen molar-refractivity contribution in [2.75, 3.05) is 4.72 Å². The molecule has 1 heterocycles. The number of fused-ring (bicyclic) bond motifs is 1. The summed E-state index contributed by atoms with van der Waals surface area (Å²) in [5.74, 6) is 3.12. The first-order valence-electron chi connectivity index (χ1n) is 8.75. The van der Waals surface area contributed by atoms with Gasteiger partial charge in [-0.05, 0) is 37.3 Å². The van der Waals surface area contributed by atoms with Gasteiger partial charge in [-0.2, -0.15) is 0 Å². The molecule has 0 fully saturated rings. The molecule has 0 bridgehead atoms. The van der Waals surface area contributed by atoms with E-state index in [0.29, 0.717) is 22.2 Å². The molecule has 0 amide bonds. The quantitative estimate of drug-likeness (QED) is 0.399. The summed E-state index contributed by atoms with van der Waals surface area (Å²) < 4.78 is 33.5. The van der Waals surface area contributed by atoms with Crippen LogP contribution in [0.5, 0.6) is 0 Å². The number of hydrogen-bond donors (Lipinski definition) is 1. The van der Waals surface area contributed by atoms with Gasteiger partial charge in [-0.3, -0.25) is 4.72 Å². The van der Waals surface area contributed by atoms with Crippen LogP contribution in [-0.4, -0.2) is 16.5 Å². The highest BCUT2D eigenvalue weighted by Crippen LogP contribution is 2.27. The standard InChI is InChI=1S/C21H21NO4SSi/c1-15-5-7-16(8-6-15)27(24,25)22-19-10-11-20-18(9-12-21(23)26-20)17(19)13-14-28(2,3)4/h5-12,22H,1-4H3. The molecular formula is C21H21NO4SSi. The molecule has 0 saturated heterocycles. The number of nitrogens with one attached hydrogen (secondary N) is 1. The van der Waals surface area contributed by atoms with Crippen LogP contribution in [0.1, 0.15) is 11.1 Å². The van der Waals surface area contributed by atoms with Gasteiger partial charge in [0.05, 0.1) is 16.1 Å². The van der Waals surface area contributed by atoms with Crippen LogP contribution in [0.3, 0.4) is 0 Å². The van der Waals surface area contributed by atoms with E-state index in [0.717, 1.165) is 5.56 Å². The van der Waals surface area contributed by atoms with Crippen molar-refractivity contribution >= 4 is 34.8 Å². The lowest BCUT2D eigenvalue weighted by molar-refractivity contribution is 0.561. The summed E-state index contributed by atoms with van der Waals surface area (Å²) in [5.41, 5.74) is 4.98. The molecule has 0 radical (unpaired) electrons. The number of benzene rings is 2. The van der Waals surface area contributed by atoms with Gasteiger partial charge < -0.3 is 4.42 Å². The first-order chi connectivity index (χ1) is 13.0. The summed E-state index contributed by atoms with van der Waals surface area (Å²) in [7, 11) is -5.50. The molecule has 0 aliphatic carbocycles. The molecule has 144 valence electrons. The minimum Gasteiger partial charge on any atom is -0.423 e. The second-order valence-corrected chi connectivity index (χ2v) is 14.0. The van der Waals surface area contributed by atoms with Crippen LogP contribution < -0.4 is 10.3 Å². The SMILES string of the molecule is Cc1ccc(S(=O)(=O)Nc2ccc3oc(=O)ccc3c2C#C[Si](C)(C)C)cc1. The lowest BCUT2D eigenvalue weighted by atomic mass is 10.1. The van der Waals surface area contributed by atoms with Crippen LogP contribution >= 0.6 is 0 Å². The smallest absolute Gasteiger partial charge is 0.336 e. The summed E-state index contributed by atoms with van der Waals surface area (Å²) in [4.78, 5) is 11.7. The van der Waals surface area contributed by atoms with Crippen molar-refractivity contribution in [2.24, 2.45) is 0 Å². The Morgan fingerprint density at radius 1 is 0.964 bits per heavy atom. The Morgan fingerprint density at radius 3 is 2.29 bits per heavy atom. The summed E-state index contributed by atoms with van der Waals surface area (Å²) in [5, 5.41) is 0.592. The summed E-state index contributed by atoms with van der Waals surface area (Å²) in [6.07, 6.45) is 0. The van der Waals surface area contributed by atoms with Gasteiger partial charge in [0, 0.05) is 11.5 Å². The van der Waals surface area contributed by atoms with E-state index >= 15 is 0 Å². The zero-order chi connectivity index (χ0) is 20.5. The predicted molar refractivity (Wildman–Crippen MR) is 115 cm³/mol. The third-order valence-electron chi connectivity index (χ3n) is 3.94. The highest BCUT2D eigenvalue weighted by atomic mass is 32.2. The van der Waals surface area contributed by atoms with E-state index < -0.39 is 23.7 Å². The van der Waals surface area contributed by atoms with Gasteiger partial charge in [0.1, 0.15) is 13.7 Å². The first-order valence-corrected chi connectivity index (χ1v) is 13.7. The average molecular weight is 412 g/mol. The van der Waals surface area contributed by atoms with E-state index in [1.165, 1.54) is 6.07 Å². The summed E-state index contributed by atoms with van der Waals surface area (Å²) >= 11 is 0. The summed E-state index contributed by atoms with van der Waals surface area (Å²) in [6, 6.07) is 12.7. The van der Waals surface area contributed by atoms with Crippen LogP contribution in [0, 0.1) is 18.4 Å². The molecular weight excluding hydrogens is 390 g/mol. The van der Waals surface area contributed by atoms with Crippen molar-refractivity contribution < 1.29 is 12.8 Å². The van der Waals surface area contributed by atoms with E-state index in [1.54, 1.807) is 42.5 Å². The van der Waals surface area contributed by atoms with Gasteiger partial charge in [-0.25, -0.2) is 13.2 Å². The van der Waals surface area contributed by atoms with Crippen LogP contribution in [-0.2, 0) is 10.0 Å². The molecule has 0 unspecified atom stereocenters. The Balaban J connectivity index is 2.16. The zero-order valence-corrected chi connectivity index (χ0v) is 18.0. The van der Waals surface area contributed by atoms with Gasteiger partial charge in [0.2, 0.25) is 0 Å². The lowest BCUT2D eigenvalue weighted by Crippen LogP contribution is -2.17. The molecule has 0 saturated carbocycles. The third kappa shape index (κ3) is 4.53. The normalized spacial score (nSPS) is 11.7. The van der Waals surface area contributed by atoms with Crippen molar-refractivity contribution in [3.8, 4) is 11.5 Å². The second kappa shape index (κ2) is 7.30. The predicted octanol–water partition coefficient (Wildman–Crippen LogP) is 4.13. The third-order valence-corrected chi connectivity index (χ3v) is 6.20. The van der Waals surface area contributed by atoms with Gasteiger partial charge in [-0.1, -0.05) is 43.3 Å². The molecule has 2 aromatic carbocycles. The number of sulfonamides is 1. The largest absolute Gasteiger partial charge is 0.423 e. The second-order valence-electron chi connectivity index (χ2n) is 7.57. The molecule has 1 aromatic heterocycles. The molecule has 5 nitrogen and oxygen atoms in total. The van der Waals surface area contributed by atoms with Crippen molar-refractivity contribution in [3.05, 3.63) is 70.1 Å². The molecule has 28 heavy (non-hydrogen) atoms. The minimum absolute atomic E-state index is 0.168. The zero-order valence-electron chi connectivity index (χ0n) is 16.2. The number of anilines is 1. The fraction of sp³-hybridized carbons (Fsp3) is 0.190. The molecule has 0 aliphatic heterocycles. The molecule has 1 N–H and O–H groups in total. The molecule has 0 spiro atoms. The van der Waals surface area contributed by atoms with Crippen LogP contribution in [0.15, 0.2) is 62.6 Å². The molecule has 7 heteroatoms. The average Bonchev–Trinajstić information content (AvgIpc) is 2.60. The fourth-order valence-electron chi connectivity index (χ4n) is 2.54. The fourth-order valence-corrected chi connectivity index (χ4v) is 4.11. The Hall–Kier alpha value is -2.82. The van der Waals surface area contributed by atoms with Crippen molar-refractivity contribution in [2.45, 2.75) is 31.5 Å². The van der Waals surface area contributed by atoms with Gasteiger partial charge in [0.15, 0.2) is 0 Å². The van der Waals surface area contributed by atoms with E-state index in [1.807, 2.05) is 6.92 Å². The number of aryl methyl sites for hydroxylation is 1. The van der Waals surface area contributed by atoms with Gasteiger partial charge >= 0.3 is 5.63 Å². The van der Waals surface area contributed by atoms with E-state index in [-0.39, 0.29) is 4.90 Å². The maximum Gasteiger partial charge on any atom is 0.336 e. The molecule has 0 atom stereocenters. The van der Waals surface area contributed by atoms with Crippen LogP contribution in [0.25, 0.3) is 11.0 Å². The van der Waals surface area contributed by atoms with Crippen LogP contribution in [0.4, 0.5) is 5.69 Å². The number of rotatable bonds is 3. The van der Waals surface area contributed by atoms with Crippen molar-refractivity contribution in [1.82, 2.24) is 0 Å². The van der Waals surface area contributed by atoms with E-state index in [4.69, 9.17) is 4.42 Å². The maximum absolute atomic E-state index is 12.8. The van der Waals surface area contributed by atoms with E-state index in [9.17, 15) is 13.2 Å². The van der Waals surface area contributed by atoms with E-state index in [2.05, 4.69) is 35.8 Å². The molecule has 0 aliphatic rings. The Morgan fingerprint density at radius 2 is 1.64 bits per heavy atom. The minimum atomic E-state index is -3.78. The Bertz CT molecular complexity index is 1260. The highest BCUT2D eigenvalue weighted by Gasteiger charge is 2.18. The maximum atomic E-state index is 12.8. The lowest BCUT2D eigenvalue weighted by Gasteiger charge is -2.12. The van der Waals surface area contributed by atoms with Gasteiger partial charge in [-0.15, -0.1) is 5.54 Å². The van der Waals surface area contributed by atoms with Crippen molar-refractivity contribution in [3.63, 3.8) is 0 Å². The Kier molecular flexibility index (Phi) is 5.20. The first kappa shape index (κ1) is 19.9. The van der Waals surface area contributed by atoms with Crippen LogP contribution in [0.2, 0.25) is 19.6 Å². The molecule has 3 aromatic rings. The van der Waals surface area contributed by atoms with Crippen molar-refractivity contribution in [1.29, 1.82) is 0 Å². The number of hydrogen-bond acceptors (Lipinski definition) is 4. The Labute approximate surface area is 165 Å².